The maximum absolute atomic E-state index is 12.4. The summed E-state index contributed by atoms with van der Waals surface area (Å²) in [6.07, 6.45) is -2.92. The first-order chi connectivity index (χ1) is 7.34. The number of hydrogen-bond donors (Lipinski definition) is 0. The molecule has 0 aromatic carbocycles. The van der Waals surface area contributed by atoms with Gasteiger partial charge in [0.1, 0.15) is 5.69 Å². The van der Waals surface area contributed by atoms with Crippen molar-refractivity contribution in [2.24, 2.45) is 0 Å². The molecule has 0 saturated carbocycles. The average Bonchev–Trinajstić information content (AvgIpc) is 2.15. The number of aromatic nitrogens is 1. The molecule has 0 radical (unpaired) electrons. The monoisotopic (exact) mass is 250 g/mol. The Hall–Kier alpha value is -1.63. The Kier molecular flexibility index (Phi) is 3.48. The van der Waals surface area contributed by atoms with E-state index >= 15 is 0 Å². The zero-order chi connectivity index (χ0) is 12.5. The van der Waals surface area contributed by atoms with Gasteiger partial charge in [-0.15, -0.1) is 0 Å². The van der Waals surface area contributed by atoms with Gasteiger partial charge in [0.15, 0.2) is 0 Å². The summed E-state index contributed by atoms with van der Waals surface area (Å²) in [6, 6.07) is 0.851. The molecule has 1 aromatic heterocycles. The lowest BCUT2D eigenvalue weighted by atomic mass is 10.1. The van der Waals surface area contributed by atoms with Gasteiger partial charge in [0, 0.05) is 6.07 Å². The summed E-state index contributed by atoms with van der Waals surface area (Å²) in [6.45, 7) is 1.24. The first-order valence-electron chi connectivity index (χ1n) is 3.98. The number of carbonyl (C=O) groups is 1. The lowest BCUT2D eigenvalue weighted by molar-refractivity contribution is -0.385. The van der Waals surface area contributed by atoms with Crippen LogP contribution in [-0.4, -0.2) is 15.1 Å². The van der Waals surface area contributed by atoms with Crippen molar-refractivity contribution in [2.45, 2.75) is 13.3 Å². The first-order valence-corrected chi connectivity index (χ1v) is 4.36. The Labute approximate surface area is 93.2 Å². The van der Waals surface area contributed by atoms with E-state index in [0.29, 0.717) is 0 Å². The van der Waals surface area contributed by atoms with Gasteiger partial charge in [0.25, 0.3) is 17.4 Å². The van der Waals surface area contributed by atoms with E-state index < -0.39 is 33.7 Å². The molecule has 86 valence electrons. The normalized spacial score (nSPS) is 10.6. The van der Waals surface area contributed by atoms with E-state index in [1.54, 1.807) is 0 Å². The van der Waals surface area contributed by atoms with Crippen molar-refractivity contribution in [1.29, 1.82) is 0 Å². The minimum atomic E-state index is -2.92. The number of pyridine rings is 1. The molecule has 0 fully saturated rings. The van der Waals surface area contributed by atoms with Crippen LogP contribution in [0.25, 0.3) is 0 Å². The Morgan fingerprint density at radius 3 is 2.56 bits per heavy atom. The second-order valence-electron chi connectivity index (χ2n) is 2.89. The third-order valence-electron chi connectivity index (χ3n) is 1.82. The maximum Gasteiger partial charge on any atom is 0.300 e. The summed E-state index contributed by atoms with van der Waals surface area (Å²) in [5.74, 6) is 0. The fourth-order valence-electron chi connectivity index (χ4n) is 1.12. The lowest BCUT2D eigenvalue weighted by Crippen LogP contribution is -2.06. The molecular formula is C8H5ClF2N2O3. The van der Waals surface area contributed by atoms with Crippen LogP contribution in [0.3, 0.4) is 0 Å². The highest BCUT2D eigenvalue weighted by atomic mass is 35.5. The predicted molar refractivity (Wildman–Crippen MR) is 50.8 cm³/mol. The summed E-state index contributed by atoms with van der Waals surface area (Å²) in [5, 5.41) is 9.28. The van der Waals surface area contributed by atoms with Crippen LogP contribution >= 0.6 is 11.6 Å². The molecule has 0 amide bonds. The number of rotatable bonds is 3. The third-order valence-corrected chi connectivity index (χ3v) is 2.00. The minimum Gasteiger partial charge on any atom is -0.274 e. The third kappa shape index (κ3) is 2.30. The average molecular weight is 251 g/mol. The number of alkyl halides is 2. The summed E-state index contributed by atoms with van der Waals surface area (Å²) in [4.78, 5) is 23.7. The van der Waals surface area contributed by atoms with Gasteiger partial charge in [-0.3, -0.25) is 14.9 Å². The van der Waals surface area contributed by atoms with E-state index in [9.17, 15) is 23.7 Å². The van der Waals surface area contributed by atoms with Crippen LogP contribution in [0.15, 0.2) is 6.07 Å². The first kappa shape index (κ1) is 12.4. The van der Waals surface area contributed by atoms with Crippen LogP contribution in [0.2, 0.25) is 0 Å². The smallest absolute Gasteiger partial charge is 0.274 e. The number of nitro groups is 1. The fraction of sp³-hybridized carbons (Fsp3) is 0.250. The molecule has 0 N–H and O–H groups in total. The van der Waals surface area contributed by atoms with Crippen LogP contribution < -0.4 is 0 Å². The van der Waals surface area contributed by atoms with Crippen molar-refractivity contribution in [3.05, 3.63) is 33.1 Å². The number of carbonyl (C=O) groups excluding carboxylic acids is 1. The molecule has 0 unspecified atom stereocenters. The SMILES string of the molecule is Cc1cc([N+](=O)[O-])c(C(=O)Cl)nc1C(F)F. The molecule has 1 aromatic rings. The van der Waals surface area contributed by atoms with Crippen molar-refractivity contribution in [1.82, 2.24) is 4.98 Å². The van der Waals surface area contributed by atoms with E-state index in [2.05, 4.69) is 4.98 Å². The zero-order valence-electron chi connectivity index (χ0n) is 7.91. The van der Waals surface area contributed by atoms with Crippen molar-refractivity contribution in [3.63, 3.8) is 0 Å². The van der Waals surface area contributed by atoms with Gasteiger partial charge in [-0.2, -0.15) is 0 Å². The Bertz CT molecular complexity index is 465. The van der Waals surface area contributed by atoms with E-state index in [-0.39, 0.29) is 5.56 Å². The molecule has 1 heterocycles. The second-order valence-corrected chi connectivity index (χ2v) is 3.23. The van der Waals surface area contributed by atoms with Crippen molar-refractivity contribution in [2.75, 3.05) is 0 Å². The van der Waals surface area contributed by atoms with Gasteiger partial charge in [-0.25, -0.2) is 13.8 Å². The summed E-state index contributed by atoms with van der Waals surface area (Å²) < 4.78 is 24.8. The molecule has 0 aliphatic rings. The van der Waals surface area contributed by atoms with Gasteiger partial charge in [0.2, 0.25) is 5.69 Å². The van der Waals surface area contributed by atoms with Gasteiger partial charge >= 0.3 is 0 Å². The summed E-state index contributed by atoms with van der Waals surface area (Å²) in [5.41, 5.74) is -2.20. The van der Waals surface area contributed by atoms with E-state index in [4.69, 9.17) is 11.6 Å². The lowest BCUT2D eigenvalue weighted by Gasteiger charge is -2.05. The highest BCUT2D eigenvalue weighted by molar-refractivity contribution is 6.67. The standard InChI is InChI=1S/C8H5ClF2N2O3/c1-3-2-4(13(15)16)6(7(9)14)12-5(3)8(10)11/h2,8H,1H3. The molecular weight excluding hydrogens is 246 g/mol. The van der Waals surface area contributed by atoms with E-state index in [1.807, 2.05) is 0 Å². The van der Waals surface area contributed by atoms with E-state index in [0.717, 1.165) is 6.07 Å². The molecule has 8 heteroatoms. The quantitative estimate of drug-likeness (QED) is 0.469. The fourth-order valence-corrected chi connectivity index (χ4v) is 1.26. The number of hydrogen-bond acceptors (Lipinski definition) is 4. The number of nitrogens with zero attached hydrogens (tertiary/aromatic N) is 2. The van der Waals surface area contributed by atoms with Crippen molar-refractivity contribution < 1.29 is 18.5 Å². The molecule has 0 saturated heterocycles. The molecule has 0 spiro atoms. The minimum absolute atomic E-state index is 0.0663. The largest absolute Gasteiger partial charge is 0.300 e. The molecule has 0 atom stereocenters. The highest BCUT2D eigenvalue weighted by Gasteiger charge is 2.25. The van der Waals surface area contributed by atoms with E-state index in [1.165, 1.54) is 6.92 Å². The highest BCUT2D eigenvalue weighted by Crippen LogP contribution is 2.27. The molecule has 5 nitrogen and oxygen atoms in total. The Morgan fingerprint density at radius 1 is 1.62 bits per heavy atom. The summed E-state index contributed by atoms with van der Waals surface area (Å²) >= 11 is 5.03. The maximum atomic E-state index is 12.4. The van der Waals surface area contributed by atoms with Crippen LogP contribution in [0.4, 0.5) is 14.5 Å². The predicted octanol–water partition coefficient (Wildman–Crippen LogP) is 2.61. The van der Waals surface area contributed by atoms with Crippen molar-refractivity contribution >= 4 is 22.5 Å². The zero-order valence-corrected chi connectivity index (χ0v) is 8.66. The van der Waals surface area contributed by atoms with Crippen LogP contribution in [0, 0.1) is 17.0 Å². The van der Waals surface area contributed by atoms with Gasteiger partial charge < -0.3 is 0 Å². The van der Waals surface area contributed by atoms with Gasteiger partial charge in [-0.05, 0) is 24.1 Å². The van der Waals surface area contributed by atoms with Gasteiger partial charge in [0.05, 0.1) is 4.92 Å². The molecule has 0 aliphatic heterocycles. The summed E-state index contributed by atoms with van der Waals surface area (Å²) in [7, 11) is 0. The van der Waals surface area contributed by atoms with Crippen LogP contribution in [0.1, 0.15) is 28.2 Å². The topological polar surface area (TPSA) is 73.1 Å². The Morgan fingerprint density at radius 2 is 2.19 bits per heavy atom. The molecule has 16 heavy (non-hydrogen) atoms. The molecule has 0 aliphatic carbocycles. The van der Waals surface area contributed by atoms with Gasteiger partial charge in [-0.1, -0.05) is 0 Å². The molecule has 1 rings (SSSR count). The van der Waals surface area contributed by atoms with Crippen LogP contribution in [0.5, 0.6) is 0 Å². The van der Waals surface area contributed by atoms with Crippen molar-refractivity contribution in [3.8, 4) is 0 Å². The number of halogens is 3. The van der Waals surface area contributed by atoms with Crippen LogP contribution in [-0.2, 0) is 0 Å². The Balaban J connectivity index is 3.49. The molecule has 0 bridgehead atoms. The second kappa shape index (κ2) is 4.48. The number of aryl methyl sites for hydroxylation is 1.